The largest absolute Gasteiger partial charge is 0.300 e. The molecule has 120 valence electrons. The van der Waals surface area contributed by atoms with Crippen LogP contribution in [0.4, 0.5) is 0 Å². The van der Waals surface area contributed by atoms with Gasteiger partial charge in [-0.15, -0.1) is 0 Å². The molecule has 4 aliphatic carbocycles. The molecule has 4 atom stereocenters. The van der Waals surface area contributed by atoms with Crippen molar-refractivity contribution < 1.29 is 4.79 Å². The van der Waals surface area contributed by atoms with E-state index in [4.69, 9.17) is 0 Å². The smallest absolute Gasteiger partial charge is 0.164 e. The number of likely N-dealkylation sites (tertiary alicyclic amines) is 1. The van der Waals surface area contributed by atoms with Gasteiger partial charge in [0.05, 0.1) is 0 Å². The Morgan fingerprint density at radius 3 is 2.65 bits per heavy atom. The number of fused-ring (bicyclic) bond motifs is 2. The number of benzene rings is 1. The lowest BCUT2D eigenvalue weighted by molar-refractivity contribution is -0.0249. The number of carbonyl (C=O) groups is 1. The average molecular weight is 307 g/mol. The predicted molar refractivity (Wildman–Crippen MR) is 89.5 cm³/mol. The van der Waals surface area contributed by atoms with E-state index in [0.29, 0.717) is 5.78 Å². The van der Waals surface area contributed by atoms with E-state index >= 15 is 0 Å². The Hall–Kier alpha value is -1.15. The summed E-state index contributed by atoms with van der Waals surface area (Å²) in [6, 6.07) is 9.28. The molecule has 5 aliphatic rings. The van der Waals surface area contributed by atoms with Crippen molar-refractivity contribution in [3.8, 4) is 0 Å². The van der Waals surface area contributed by atoms with E-state index in [1.54, 1.807) is 6.42 Å². The van der Waals surface area contributed by atoms with Crippen LogP contribution in [-0.2, 0) is 5.41 Å². The molecular weight excluding hydrogens is 282 g/mol. The quantitative estimate of drug-likeness (QED) is 0.786. The number of piperidine rings is 1. The van der Waals surface area contributed by atoms with Gasteiger partial charge in [0.2, 0.25) is 0 Å². The molecule has 0 N–H and O–H groups in total. The van der Waals surface area contributed by atoms with E-state index in [2.05, 4.69) is 17.0 Å². The zero-order chi connectivity index (χ0) is 15.2. The third-order valence-corrected chi connectivity index (χ3v) is 8.42. The fraction of sp³-hybridized carbons (Fsp3) is 0.667. The molecule has 1 saturated heterocycles. The fourth-order valence-corrected chi connectivity index (χ4v) is 7.06. The van der Waals surface area contributed by atoms with Gasteiger partial charge in [-0.3, -0.25) is 4.79 Å². The lowest BCUT2D eigenvalue weighted by atomic mass is 9.65. The molecule has 3 saturated carbocycles. The standard InChI is InChI=1S/C21H25NO/c23-19-13-20(16-4-2-1-3-15(16)19)7-9-22(10-8-20)18-12-21-11-14(21)5-6-17(18)21/h1-4,14,17-18H,5-13H2/t14-,17+,18-,21?/m1/s1. The van der Waals surface area contributed by atoms with Crippen LogP contribution in [0.5, 0.6) is 0 Å². The SMILES string of the molecule is O=C1CC2(CCN([C@@H]3CC45C[C@H]4CC[C@@H]35)CC2)c2ccccc21. The van der Waals surface area contributed by atoms with E-state index in [9.17, 15) is 4.79 Å². The first-order valence-corrected chi connectivity index (χ1v) is 9.59. The normalized spacial score (nSPS) is 43.0. The number of hydrogen-bond acceptors (Lipinski definition) is 2. The van der Waals surface area contributed by atoms with Gasteiger partial charge in [-0.2, -0.15) is 0 Å². The van der Waals surface area contributed by atoms with Crippen LogP contribution in [-0.4, -0.2) is 29.8 Å². The van der Waals surface area contributed by atoms with Crippen LogP contribution in [0.25, 0.3) is 0 Å². The van der Waals surface area contributed by atoms with Gasteiger partial charge in [0.25, 0.3) is 0 Å². The van der Waals surface area contributed by atoms with Crippen LogP contribution in [0.1, 0.15) is 60.9 Å². The Morgan fingerprint density at radius 2 is 1.87 bits per heavy atom. The highest BCUT2D eigenvalue weighted by Crippen LogP contribution is 2.76. The summed E-state index contributed by atoms with van der Waals surface area (Å²) in [6.45, 7) is 2.42. The van der Waals surface area contributed by atoms with Gasteiger partial charge in [0.1, 0.15) is 0 Å². The van der Waals surface area contributed by atoms with Crippen molar-refractivity contribution in [1.82, 2.24) is 4.90 Å². The summed E-state index contributed by atoms with van der Waals surface area (Å²) in [7, 11) is 0. The van der Waals surface area contributed by atoms with E-state index in [0.717, 1.165) is 35.3 Å². The number of rotatable bonds is 1. The molecule has 1 aromatic rings. The zero-order valence-corrected chi connectivity index (χ0v) is 13.8. The van der Waals surface area contributed by atoms with Crippen molar-refractivity contribution in [3.05, 3.63) is 35.4 Å². The van der Waals surface area contributed by atoms with Crippen molar-refractivity contribution in [2.24, 2.45) is 17.3 Å². The van der Waals surface area contributed by atoms with Crippen LogP contribution >= 0.6 is 0 Å². The molecule has 0 aromatic heterocycles. The Balaban J connectivity index is 1.22. The summed E-state index contributed by atoms with van der Waals surface area (Å²) >= 11 is 0. The van der Waals surface area contributed by atoms with E-state index in [1.165, 1.54) is 50.8 Å². The second kappa shape index (κ2) is 4.08. The summed E-state index contributed by atoms with van der Waals surface area (Å²) < 4.78 is 0. The summed E-state index contributed by atoms with van der Waals surface area (Å²) in [5.41, 5.74) is 3.37. The fourth-order valence-electron chi connectivity index (χ4n) is 7.06. The van der Waals surface area contributed by atoms with Crippen LogP contribution < -0.4 is 0 Å². The van der Waals surface area contributed by atoms with E-state index in [-0.39, 0.29) is 5.41 Å². The topological polar surface area (TPSA) is 20.3 Å². The highest BCUT2D eigenvalue weighted by Gasteiger charge is 2.71. The molecule has 1 heterocycles. The first-order chi connectivity index (χ1) is 11.2. The number of Topliss-reactive ketones (excluding diaryl/α,β-unsaturated/α-hetero) is 1. The van der Waals surface area contributed by atoms with Gasteiger partial charge >= 0.3 is 0 Å². The molecule has 2 nitrogen and oxygen atoms in total. The highest BCUT2D eigenvalue weighted by atomic mass is 16.1. The van der Waals surface area contributed by atoms with Gasteiger partial charge in [0.15, 0.2) is 5.78 Å². The van der Waals surface area contributed by atoms with Crippen molar-refractivity contribution >= 4 is 5.78 Å². The average Bonchev–Trinajstić information content (AvgIpc) is 3.15. The van der Waals surface area contributed by atoms with Crippen LogP contribution in [0.2, 0.25) is 0 Å². The lowest BCUT2D eigenvalue weighted by Gasteiger charge is -2.53. The highest BCUT2D eigenvalue weighted by molar-refractivity contribution is 6.02. The number of carbonyl (C=O) groups excluding carboxylic acids is 1. The molecule has 2 heteroatoms. The second-order valence-corrected chi connectivity index (χ2v) is 9.05. The van der Waals surface area contributed by atoms with Crippen LogP contribution in [0.3, 0.4) is 0 Å². The third-order valence-electron chi connectivity index (χ3n) is 8.42. The molecular formula is C21H25NO. The van der Waals surface area contributed by atoms with Crippen molar-refractivity contribution in [2.45, 2.75) is 56.4 Å². The zero-order valence-electron chi connectivity index (χ0n) is 13.8. The number of ketones is 1. The van der Waals surface area contributed by atoms with Gasteiger partial charge < -0.3 is 4.90 Å². The minimum absolute atomic E-state index is 0.170. The van der Waals surface area contributed by atoms with Crippen LogP contribution in [0, 0.1) is 17.3 Å². The maximum absolute atomic E-state index is 12.4. The summed E-state index contributed by atoms with van der Waals surface area (Å²) in [4.78, 5) is 15.2. The van der Waals surface area contributed by atoms with E-state index in [1.807, 2.05) is 12.1 Å². The van der Waals surface area contributed by atoms with Gasteiger partial charge in [-0.05, 0) is 74.4 Å². The number of hydrogen-bond donors (Lipinski definition) is 0. The molecule has 0 radical (unpaired) electrons. The minimum Gasteiger partial charge on any atom is -0.300 e. The second-order valence-electron chi connectivity index (χ2n) is 9.05. The molecule has 23 heavy (non-hydrogen) atoms. The Labute approximate surface area is 138 Å². The maximum Gasteiger partial charge on any atom is 0.164 e. The molecule has 0 bridgehead atoms. The Bertz CT molecular complexity index is 700. The monoisotopic (exact) mass is 307 g/mol. The maximum atomic E-state index is 12.4. The van der Waals surface area contributed by atoms with Crippen molar-refractivity contribution in [1.29, 1.82) is 0 Å². The first-order valence-electron chi connectivity index (χ1n) is 9.59. The first kappa shape index (κ1) is 13.2. The minimum atomic E-state index is 0.170. The molecule has 1 unspecified atom stereocenters. The summed E-state index contributed by atoms with van der Waals surface area (Å²) in [5, 5.41) is 0. The third kappa shape index (κ3) is 1.52. The van der Waals surface area contributed by atoms with Gasteiger partial charge in [-0.25, -0.2) is 0 Å². The number of nitrogens with zero attached hydrogens (tertiary/aromatic N) is 1. The predicted octanol–water partition coefficient (Wildman–Crippen LogP) is 3.80. The summed E-state index contributed by atoms with van der Waals surface area (Å²) in [6.07, 6.45) is 9.20. The Morgan fingerprint density at radius 1 is 1.04 bits per heavy atom. The molecule has 4 fully saturated rings. The molecule has 1 aliphatic heterocycles. The summed E-state index contributed by atoms with van der Waals surface area (Å²) in [5.74, 6) is 2.52. The van der Waals surface area contributed by atoms with Gasteiger partial charge in [-0.1, -0.05) is 24.3 Å². The van der Waals surface area contributed by atoms with Gasteiger partial charge in [0, 0.05) is 23.4 Å². The Kier molecular flexibility index (Phi) is 2.34. The van der Waals surface area contributed by atoms with Crippen LogP contribution in [0.15, 0.2) is 24.3 Å². The molecule has 1 aromatic carbocycles. The lowest BCUT2D eigenvalue weighted by Crippen LogP contribution is -2.56. The molecule has 2 spiro atoms. The van der Waals surface area contributed by atoms with Crippen molar-refractivity contribution in [3.63, 3.8) is 0 Å². The van der Waals surface area contributed by atoms with E-state index < -0.39 is 0 Å². The molecule has 0 amide bonds. The molecule has 6 rings (SSSR count). The van der Waals surface area contributed by atoms with Crippen molar-refractivity contribution in [2.75, 3.05) is 13.1 Å².